The predicted octanol–water partition coefficient (Wildman–Crippen LogP) is 4.68. The minimum atomic E-state index is 0.0735. The van der Waals surface area contributed by atoms with Gasteiger partial charge in [0.25, 0.3) is 5.91 Å². The molecular weight excluding hydrogens is 318 g/mol. The Balaban J connectivity index is 1.76. The molecule has 5 heteroatoms. The third-order valence-corrected chi connectivity index (χ3v) is 5.58. The summed E-state index contributed by atoms with van der Waals surface area (Å²) in [4.78, 5) is 20.3. The van der Waals surface area contributed by atoms with Gasteiger partial charge in [-0.3, -0.25) is 4.79 Å². The molecule has 0 saturated carbocycles. The number of anilines is 2. The smallest absolute Gasteiger partial charge is 0.273 e. The van der Waals surface area contributed by atoms with E-state index in [0.717, 1.165) is 41.6 Å². The molecule has 1 aromatic carbocycles. The summed E-state index contributed by atoms with van der Waals surface area (Å²) in [6, 6.07) is 6.29. The van der Waals surface area contributed by atoms with E-state index in [2.05, 4.69) is 49.3 Å². The van der Waals surface area contributed by atoms with Crippen LogP contribution in [0.3, 0.4) is 0 Å². The van der Waals surface area contributed by atoms with Gasteiger partial charge in [-0.15, -0.1) is 11.3 Å². The normalized spacial score (nSPS) is 15.6. The molecule has 24 heavy (non-hydrogen) atoms. The second-order valence-electron chi connectivity index (χ2n) is 6.84. The zero-order valence-electron chi connectivity index (χ0n) is 14.8. The van der Waals surface area contributed by atoms with Crippen LogP contribution in [0.2, 0.25) is 0 Å². The van der Waals surface area contributed by atoms with E-state index in [0.29, 0.717) is 11.6 Å². The first-order chi connectivity index (χ1) is 11.4. The lowest BCUT2D eigenvalue weighted by molar-refractivity contribution is 0.0691. The Morgan fingerprint density at radius 1 is 1.25 bits per heavy atom. The van der Waals surface area contributed by atoms with E-state index in [9.17, 15) is 4.79 Å². The minimum Gasteiger partial charge on any atom is -0.337 e. The summed E-state index contributed by atoms with van der Waals surface area (Å²) in [5.41, 5.74) is 4.06. The van der Waals surface area contributed by atoms with Crippen molar-refractivity contribution in [1.29, 1.82) is 0 Å². The highest BCUT2D eigenvalue weighted by atomic mass is 32.1. The molecule has 2 heterocycles. The fourth-order valence-electron chi connectivity index (χ4n) is 3.08. The van der Waals surface area contributed by atoms with E-state index < -0.39 is 0 Å². The van der Waals surface area contributed by atoms with E-state index >= 15 is 0 Å². The molecular formula is C19H25N3OS. The number of carbonyl (C=O) groups excluding carboxylic acids is 1. The predicted molar refractivity (Wildman–Crippen MR) is 100 cm³/mol. The molecule has 3 rings (SSSR count). The van der Waals surface area contributed by atoms with Gasteiger partial charge in [-0.05, 0) is 51.2 Å². The fourth-order valence-corrected chi connectivity index (χ4v) is 3.90. The Morgan fingerprint density at radius 2 is 1.96 bits per heavy atom. The van der Waals surface area contributed by atoms with Gasteiger partial charge in [0.15, 0.2) is 5.13 Å². The van der Waals surface area contributed by atoms with Gasteiger partial charge in [0.1, 0.15) is 5.69 Å². The lowest BCUT2D eigenvalue weighted by atomic mass is 9.99. The molecule has 1 fully saturated rings. The number of nitrogens with one attached hydrogen (secondary N) is 1. The molecule has 1 aliphatic heterocycles. The summed E-state index contributed by atoms with van der Waals surface area (Å²) >= 11 is 1.55. The largest absolute Gasteiger partial charge is 0.337 e. The Morgan fingerprint density at radius 3 is 2.62 bits per heavy atom. The summed E-state index contributed by atoms with van der Waals surface area (Å²) in [7, 11) is 0. The van der Waals surface area contributed by atoms with Crippen molar-refractivity contribution in [3.63, 3.8) is 0 Å². The van der Waals surface area contributed by atoms with Crippen LogP contribution in [0.25, 0.3) is 0 Å². The standard InChI is InChI=1S/C19H25N3OS/c1-12-7-9-22(10-8-12)18(23)17-15(4)24-19(21-17)20-16-6-5-13(2)11-14(16)3/h5-6,11-12H,7-10H2,1-4H3,(H,20,21). The van der Waals surface area contributed by atoms with E-state index in [1.54, 1.807) is 11.3 Å². The monoisotopic (exact) mass is 343 g/mol. The summed E-state index contributed by atoms with van der Waals surface area (Å²) in [5, 5.41) is 4.15. The van der Waals surface area contributed by atoms with Crippen molar-refractivity contribution < 1.29 is 4.79 Å². The van der Waals surface area contributed by atoms with Crippen LogP contribution in [0.4, 0.5) is 10.8 Å². The molecule has 1 saturated heterocycles. The first kappa shape index (κ1) is 17.0. The van der Waals surface area contributed by atoms with E-state index in [-0.39, 0.29) is 5.91 Å². The van der Waals surface area contributed by atoms with Crippen LogP contribution >= 0.6 is 11.3 Å². The highest BCUT2D eigenvalue weighted by molar-refractivity contribution is 7.15. The van der Waals surface area contributed by atoms with Crippen molar-refractivity contribution >= 4 is 28.1 Å². The number of hydrogen-bond donors (Lipinski definition) is 1. The van der Waals surface area contributed by atoms with Gasteiger partial charge in [0.2, 0.25) is 0 Å². The zero-order chi connectivity index (χ0) is 17.3. The molecule has 0 spiro atoms. The van der Waals surface area contributed by atoms with Gasteiger partial charge < -0.3 is 10.2 Å². The molecule has 0 aliphatic carbocycles. The number of aryl methyl sites for hydroxylation is 3. The van der Waals surface area contributed by atoms with E-state index in [4.69, 9.17) is 0 Å². The maximum Gasteiger partial charge on any atom is 0.273 e. The topological polar surface area (TPSA) is 45.2 Å². The van der Waals surface area contributed by atoms with Crippen molar-refractivity contribution in [2.75, 3.05) is 18.4 Å². The third-order valence-electron chi connectivity index (χ3n) is 4.69. The van der Waals surface area contributed by atoms with Gasteiger partial charge in [-0.2, -0.15) is 0 Å². The second kappa shape index (κ2) is 6.93. The van der Waals surface area contributed by atoms with Gasteiger partial charge in [-0.1, -0.05) is 24.6 Å². The van der Waals surface area contributed by atoms with Crippen LogP contribution < -0.4 is 5.32 Å². The molecule has 0 atom stereocenters. The molecule has 0 unspecified atom stereocenters. The molecule has 1 N–H and O–H groups in total. The summed E-state index contributed by atoms with van der Waals surface area (Å²) in [6.45, 7) is 10.1. The molecule has 4 nitrogen and oxygen atoms in total. The van der Waals surface area contributed by atoms with E-state index in [1.165, 1.54) is 11.1 Å². The van der Waals surface area contributed by atoms with Gasteiger partial charge >= 0.3 is 0 Å². The zero-order valence-corrected chi connectivity index (χ0v) is 15.7. The minimum absolute atomic E-state index is 0.0735. The highest BCUT2D eigenvalue weighted by Crippen LogP contribution is 2.29. The Kier molecular flexibility index (Phi) is 4.90. The summed E-state index contributed by atoms with van der Waals surface area (Å²) in [5.74, 6) is 0.789. The first-order valence-corrected chi connectivity index (χ1v) is 9.36. The summed E-state index contributed by atoms with van der Waals surface area (Å²) in [6.07, 6.45) is 2.17. The molecule has 1 aromatic heterocycles. The Bertz CT molecular complexity index is 745. The number of amides is 1. The molecule has 2 aromatic rings. The molecule has 0 radical (unpaired) electrons. The first-order valence-electron chi connectivity index (χ1n) is 8.55. The fraction of sp³-hybridized carbons (Fsp3) is 0.474. The average Bonchev–Trinajstić information content (AvgIpc) is 2.91. The number of thiazole rings is 1. The highest BCUT2D eigenvalue weighted by Gasteiger charge is 2.25. The van der Waals surface area contributed by atoms with Gasteiger partial charge in [0.05, 0.1) is 0 Å². The number of piperidine rings is 1. The van der Waals surface area contributed by atoms with Crippen LogP contribution in [0.1, 0.15) is 46.3 Å². The lowest BCUT2D eigenvalue weighted by Crippen LogP contribution is -2.38. The van der Waals surface area contributed by atoms with Crippen molar-refractivity contribution in [2.45, 2.75) is 40.5 Å². The Hall–Kier alpha value is -1.88. The SMILES string of the molecule is Cc1ccc(Nc2nc(C(=O)N3CCC(C)CC3)c(C)s2)c(C)c1. The van der Waals surface area contributed by atoms with Crippen molar-refractivity contribution in [3.05, 3.63) is 39.9 Å². The number of aromatic nitrogens is 1. The molecule has 1 amide bonds. The number of carbonyl (C=O) groups is 1. The average molecular weight is 343 g/mol. The van der Waals surface area contributed by atoms with Gasteiger partial charge in [0, 0.05) is 23.7 Å². The molecule has 128 valence electrons. The number of hydrogen-bond acceptors (Lipinski definition) is 4. The maximum absolute atomic E-state index is 12.7. The summed E-state index contributed by atoms with van der Waals surface area (Å²) < 4.78 is 0. The van der Waals surface area contributed by atoms with Crippen LogP contribution in [-0.2, 0) is 0 Å². The van der Waals surface area contributed by atoms with Crippen LogP contribution in [0, 0.1) is 26.7 Å². The molecule has 0 bridgehead atoms. The number of likely N-dealkylation sites (tertiary alicyclic amines) is 1. The van der Waals surface area contributed by atoms with E-state index in [1.807, 2.05) is 11.8 Å². The van der Waals surface area contributed by atoms with Crippen molar-refractivity contribution in [3.8, 4) is 0 Å². The van der Waals surface area contributed by atoms with Crippen molar-refractivity contribution in [1.82, 2.24) is 9.88 Å². The van der Waals surface area contributed by atoms with Gasteiger partial charge in [-0.25, -0.2) is 4.98 Å². The van der Waals surface area contributed by atoms with Crippen LogP contribution in [0.5, 0.6) is 0 Å². The maximum atomic E-state index is 12.7. The lowest BCUT2D eigenvalue weighted by Gasteiger charge is -2.29. The third kappa shape index (κ3) is 3.61. The Labute approximate surface area is 147 Å². The second-order valence-corrected chi connectivity index (χ2v) is 8.05. The van der Waals surface area contributed by atoms with Crippen LogP contribution in [0.15, 0.2) is 18.2 Å². The quantitative estimate of drug-likeness (QED) is 0.880. The van der Waals surface area contributed by atoms with Crippen LogP contribution in [-0.4, -0.2) is 28.9 Å². The molecule has 1 aliphatic rings. The van der Waals surface area contributed by atoms with Crippen molar-refractivity contribution in [2.24, 2.45) is 5.92 Å². The number of rotatable bonds is 3. The number of nitrogens with zero attached hydrogens (tertiary/aromatic N) is 2. The number of benzene rings is 1.